The summed E-state index contributed by atoms with van der Waals surface area (Å²) in [5, 5.41) is 5.59. The van der Waals surface area contributed by atoms with Crippen molar-refractivity contribution in [2.45, 2.75) is 148 Å². The van der Waals surface area contributed by atoms with E-state index >= 15 is 0 Å². The molecule has 0 saturated heterocycles. The molecule has 0 spiro atoms. The van der Waals surface area contributed by atoms with Crippen LogP contribution in [0, 0.1) is 0 Å². The molecule has 216 valence electrons. The van der Waals surface area contributed by atoms with Crippen LogP contribution in [0.15, 0.2) is 0 Å². The van der Waals surface area contributed by atoms with Gasteiger partial charge in [0, 0.05) is 19.8 Å². The zero-order valence-electron chi connectivity index (χ0n) is 24.4. The first-order valence-electron chi connectivity index (χ1n) is 15.5. The number of hydrogen-bond donors (Lipinski definition) is 2. The first-order valence-corrected chi connectivity index (χ1v) is 15.5. The highest BCUT2D eigenvalue weighted by atomic mass is 16.6. The molecule has 6 heteroatoms. The van der Waals surface area contributed by atoms with E-state index < -0.39 is 6.09 Å². The number of carbonyl (C=O) groups excluding carboxylic acids is 1. The minimum atomic E-state index is -0.424. The third-order valence-electron chi connectivity index (χ3n) is 6.62. The average Bonchev–Trinajstić information content (AvgIpc) is 2.89. The van der Waals surface area contributed by atoms with Gasteiger partial charge in [-0.2, -0.15) is 0 Å². The Morgan fingerprint density at radius 2 is 1.08 bits per heavy atom. The maximum absolute atomic E-state index is 11.8. The molecule has 0 aliphatic rings. The minimum Gasteiger partial charge on any atom is -0.434 e. The van der Waals surface area contributed by atoms with Gasteiger partial charge in [0.1, 0.15) is 6.73 Å². The molecule has 0 aliphatic carbocycles. The summed E-state index contributed by atoms with van der Waals surface area (Å²) in [5.74, 6) is 0. The van der Waals surface area contributed by atoms with Crippen molar-refractivity contribution in [3.8, 4) is 0 Å². The Morgan fingerprint density at radius 1 is 0.639 bits per heavy atom. The van der Waals surface area contributed by atoms with Gasteiger partial charge in [-0.1, -0.05) is 129 Å². The number of nitrogens with one attached hydrogen (secondary N) is 2. The van der Waals surface area contributed by atoms with Crippen LogP contribution < -0.4 is 10.6 Å². The molecule has 0 saturated carbocycles. The lowest BCUT2D eigenvalue weighted by atomic mass is 10.1. The average molecular weight is 515 g/mol. The first kappa shape index (κ1) is 35.2. The summed E-state index contributed by atoms with van der Waals surface area (Å²) in [6.45, 7) is 7.15. The van der Waals surface area contributed by atoms with Gasteiger partial charge in [-0.15, -0.1) is 0 Å². The van der Waals surface area contributed by atoms with Gasteiger partial charge in [0.15, 0.2) is 0 Å². The zero-order valence-corrected chi connectivity index (χ0v) is 24.4. The molecule has 0 bridgehead atoms. The summed E-state index contributed by atoms with van der Waals surface area (Å²) < 4.78 is 17.0. The van der Waals surface area contributed by atoms with E-state index in [1.54, 1.807) is 7.05 Å². The van der Waals surface area contributed by atoms with E-state index in [1.165, 1.54) is 116 Å². The highest BCUT2D eigenvalue weighted by molar-refractivity contribution is 5.67. The zero-order chi connectivity index (χ0) is 26.4. The fraction of sp³-hybridized carbons (Fsp3) is 0.967. The minimum absolute atomic E-state index is 0.131. The Labute approximate surface area is 224 Å². The number of ether oxygens (including phenoxy) is 3. The summed E-state index contributed by atoms with van der Waals surface area (Å²) >= 11 is 0. The third kappa shape index (κ3) is 27.7. The number of unbranched alkanes of at least 4 members (excludes halogenated alkanes) is 18. The molecule has 0 aromatic heterocycles. The van der Waals surface area contributed by atoms with Crippen LogP contribution in [0.2, 0.25) is 0 Å². The van der Waals surface area contributed by atoms with E-state index in [-0.39, 0.29) is 12.8 Å². The summed E-state index contributed by atoms with van der Waals surface area (Å²) in [7, 11) is 1.74. The van der Waals surface area contributed by atoms with Gasteiger partial charge in [0.05, 0.1) is 12.7 Å². The van der Waals surface area contributed by atoms with Crippen LogP contribution in [0.3, 0.4) is 0 Å². The van der Waals surface area contributed by atoms with Crippen LogP contribution in [0.25, 0.3) is 0 Å². The lowest BCUT2D eigenvalue weighted by Crippen LogP contribution is -2.37. The van der Waals surface area contributed by atoms with Gasteiger partial charge in [-0.25, -0.2) is 4.79 Å². The fourth-order valence-electron chi connectivity index (χ4n) is 4.30. The van der Waals surface area contributed by atoms with Crippen molar-refractivity contribution in [1.29, 1.82) is 0 Å². The highest BCUT2D eigenvalue weighted by Gasteiger charge is 2.12. The molecule has 6 nitrogen and oxygen atoms in total. The number of amides is 1. The molecule has 0 rings (SSSR count). The fourth-order valence-corrected chi connectivity index (χ4v) is 4.30. The van der Waals surface area contributed by atoms with E-state index in [1.807, 2.05) is 0 Å². The van der Waals surface area contributed by atoms with Crippen molar-refractivity contribution in [2.24, 2.45) is 0 Å². The van der Waals surface area contributed by atoms with Gasteiger partial charge < -0.3 is 19.5 Å². The van der Waals surface area contributed by atoms with Crippen LogP contribution in [0.4, 0.5) is 4.79 Å². The van der Waals surface area contributed by atoms with Crippen LogP contribution in [0.1, 0.15) is 142 Å². The van der Waals surface area contributed by atoms with Crippen LogP contribution >= 0.6 is 0 Å². The maximum Gasteiger partial charge on any atom is 0.408 e. The Kier molecular flexibility index (Phi) is 29.7. The molecule has 0 heterocycles. The molecule has 0 aromatic rings. The lowest BCUT2D eigenvalue weighted by Gasteiger charge is -2.19. The molecule has 0 aliphatic heterocycles. The second-order valence-corrected chi connectivity index (χ2v) is 10.2. The molecule has 1 atom stereocenters. The molecule has 0 radical (unpaired) electrons. The maximum atomic E-state index is 11.8. The highest BCUT2D eigenvalue weighted by Crippen LogP contribution is 2.12. The number of rotatable bonds is 29. The van der Waals surface area contributed by atoms with Gasteiger partial charge in [-0.05, 0) is 19.9 Å². The predicted octanol–water partition coefficient (Wildman–Crippen LogP) is 8.13. The van der Waals surface area contributed by atoms with Crippen molar-refractivity contribution < 1.29 is 19.0 Å². The largest absolute Gasteiger partial charge is 0.434 e. The SMILES string of the molecule is CCCCCCCCCCCCOCC(CNC(=O)OCNC)OCCCCCCCCCCCC. The van der Waals surface area contributed by atoms with Gasteiger partial charge in [0.25, 0.3) is 0 Å². The summed E-state index contributed by atoms with van der Waals surface area (Å²) in [6, 6.07) is 0. The second kappa shape index (κ2) is 30.4. The van der Waals surface area contributed by atoms with Crippen molar-refractivity contribution in [3.63, 3.8) is 0 Å². The lowest BCUT2D eigenvalue weighted by molar-refractivity contribution is -0.0175. The smallest absolute Gasteiger partial charge is 0.408 e. The Morgan fingerprint density at radius 3 is 1.56 bits per heavy atom. The van der Waals surface area contributed by atoms with Crippen molar-refractivity contribution in [3.05, 3.63) is 0 Å². The van der Waals surface area contributed by atoms with E-state index in [9.17, 15) is 4.79 Å². The number of carbonyl (C=O) groups is 1. The Hall–Kier alpha value is -0.850. The van der Waals surface area contributed by atoms with Gasteiger partial charge in [-0.3, -0.25) is 5.32 Å². The van der Waals surface area contributed by atoms with Crippen molar-refractivity contribution in [2.75, 3.05) is 40.1 Å². The quantitative estimate of drug-likeness (QED) is 0.0779. The number of hydrogen-bond acceptors (Lipinski definition) is 5. The van der Waals surface area contributed by atoms with Crippen LogP contribution in [-0.4, -0.2) is 52.3 Å². The van der Waals surface area contributed by atoms with Gasteiger partial charge >= 0.3 is 6.09 Å². The normalized spacial score (nSPS) is 12.1. The molecule has 36 heavy (non-hydrogen) atoms. The Bertz CT molecular complexity index is 437. The van der Waals surface area contributed by atoms with E-state index in [0.717, 1.165) is 26.1 Å². The number of alkyl carbamates (subject to hydrolysis) is 1. The second-order valence-electron chi connectivity index (χ2n) is 10.2. The summed E-state index contributed by atoms with van der Waals surface area (Å²) in [6.07, 6.45) is 25.8. The van der Waals surface area contributed by atoms with Crippen LogP contribution in [-0.2, 0) is 14.2 Å². The van der Waals surface area contributed by atoms with Crippen molar-refractivity contribution in [1.82, 2.24) is 10.6 Å². The van der Waals surface area contributed by atoms with E-state index in [2.05, 4.69) is 24.5 Å². The molecule has 0 aromatic carbocycles. The summed E-state index contributed by atoms with van der Waals surface area (Å²) in [4.78, 5) is 11.8. The third-order valence-corrected chi connectivity index (χ3v) is 6.62. The van der Waals surface area contributed by atoms with Crippen LogP contribution in [0.5, 0.6) is 0 Å². The topological polar surface area (TPSA) is 68.8 Å². The van der Waals surface area contributed by atoms with Crippen molar-refractivity contribution >= 4 is 6.09 Å². The molecule has 1 unspecified atom stereocenters. The summed E-state index contributed by atoms with van der Waals surface area (Å²) in [5.41, 5.74) is 0. The monoisotopic (exact) mass is 514 g/mol. The molecular formula is C30H62N2O4. The molecule has 1 amide bonds. The molecule has 2 N–H and O–H groups in total. The Balaban J connectivity index is 3.86. The molecule has 0 fully saturated rings. The van der Waals surface area contributed by atoms with Gasteiger partial charge in [0.2, 0.25) is 0 Å². The van der Waals surface area contributed by atoms with E-state index in [4.69, 9.17) is 14.2 Å². The first-order chi connectivity index (χ1) is 17.7. The van der Waals surface area contributed by atoms with E-state index in [0.29, 0.717) is 13.2 Å². The molecular weight excluding hydrogens is 452 g/mol. The standard InChI is InChI=1S/C30H62N2O4/c1-4-6-8-10-12-14-16-18-20-22-24-34-27-29(26-32-30(33)36-28-31-3)35-25-23-21-19-17-15-13-11-9-7-5-2/h29,31H,4-28H2,1-3H3,(H,32,33). The predicted molar refractivity (Wildman–Crippen MR) is 153 cm³/mol.